The summed E-state index contributed by atoms with van der Waals surface area (Å²) in [6.07, 6.45) is -7.59. The SMILES string of the molecule is CCC(OC(F)(F)C(F)F)C(C)C(O)(Cn1cncn1)c1ccc(Cl)cc1Cl. The Balaban J connectivity index is 2.47. The molecular weight excluding hydrogens is 425 g/mol. The van der Waals surface area contributed by atoms with Crippen molar-refractivity contribution in [2.24, 2.45) is 5.92 Å². The average molecular weight is 444 g/mol. The normalized spacial score (nSPS) is 16.8. The fraction of sp³-hybridized carbons (Fsp3) is 0.529. The molecule has 3 atom stereocenters. The first-order chi connectivity index (χ1) is 13.0. The Morgan fingerprint density at radius 1 is 1.29 bits per heavy atom. The molecule has 11 heteroatoms. The van der Waals surface area contributed by atoms with Crippen LogP contribution in [0.2, 0.25) is 10.0 Å². The van der Waals surface area contributed by atoms with E-state index in [0.29, 0.717) is 5.02 Å². The van der Waals surface area contributed by atoms with Gasteiger partial charge in [0.2, 0.25) is 0 Å². The molecule has 0 saturated heterocycles. The van der Waals surface area contributed by atoms with Gasteiger partial charge in [0, 0.05) is 21.5 Å². The Morgan fingerprint density at radius 3 is 2.46 bits per heavy atom. The van der Waals surface area contributed by atoms with E-state index < -0.39 is 30.2 Å². The number of halogens is 6. The van der Waals surface area contributed by atoms with Crippen molar-refractivity contribution in [3.63, 3.8) is 0 Å². The molecule has 0 aliphatic heterocycles. The summed E-state index contributed by atoms with van der Waals surface area (Å²) in [6.45, 7) is 2.68. The first-order valence-electron chi connectivity index (χ1n) is 8.35. The third-order valence-corrected chi connectivity index (χ3v) is 5.09. The minimum absolute atomic E-state index is 0.0612. The zero-order chi connectivity index (χ0) is 21.1. The molecule has 156 valence electrons. The molecule has 0 aliphatic rings. The smallest absolute Gasteiger partial charge is 0.383 e. The monoisotopic (exact) mass is 443 g/mol. The van der Waals surface area contributed by atoms with Crippen molar-refractivity contribution in [2.75, 3.05) is 0 Å². The molecule has 0 aliphatic carbocycles. The van der Waals surface area contributed by atoms with E-state index in [4.69, 9.17) is 23.2 Å². The summed E-state index contributed by atoms with van der Waals surface area (Å²) in [5, 5.41) is 15.8. The van der Waals surface area contributed by atoms with Crippen molar-refractivity contribution < 1.29 is 27.4 Å². The molecule has 2 rings (SSSR count). The van der Waals surface area contributed by atoms with Crippen LogP contribution < -0.4 is 0 Å². The Kier molecular flexibility index (Phi) is 7.30. The quantitative estimate of drug-likeness (QED) is 0.567. The van der Waals surface area contributed by atoms with Gasteiger partial charge in [0.25, 0.3) is 0 Å². The Labute approximate surface area is 169 Å². The van der Waals surface area contributed by atoms with E-state index in [2.05, 4.69) is 14.8 Å². The summed E-state index contributed by atoms with van der Waals surface area (Å²) in [5.41, 5.74) is -1.72. The number of aliphatic hydroxyl groups is 1. The predicted octanol–water partition coefficient (Wildman–Crippen LogP) is 4.76. The minimum atomic E-state index is -4.66. The lowest BCUT2D eigenvalue weighted by Gasteiger charge is -2.40. The number of aromatic nitrogens is 3. The van der Waals surface area contributed by atoms with Gasteiger partial charge in [-0.2, -0.15) is 13.9 Å². The molecule has 0 saturated carbocycles. The van der Waals surface area contributed by atoms with Gasteiger partial charge in [-0.25, -0.2) is 18.4 Å². The number of hydrogen-bond acceptors (Lipinski definition) is 4. The number of hydrogen-bond donors (Lipinski definition) is 1. The predicted molar refractivity (Wildman–Crippen MR) is 95.7 cm³/mol. The van der Waals surface area contributed by atoms with Crippen molar-refractivity contribution >= 4 is 23.2 Å². The van der Waals surface area contributed by atoms with E-state index in [1.54, 1.807) is 0 Å². The van der Waals surface area contributed by atoms with Gasteiger partial charge in [0.1, 0.15) is 18.3 Å². The first kappa shape index (κ1) is 22.9. The van der Waals surface area contributed by atoms with Crippen LogP contribution in [0.1, 0.15) is 25.8 Å². The maximum absolute atomic E-state index is 13.5. The fourth-order valence-electron chi connectivity index (χ4n) is 2.98. The van der Waals surface area contributed by atoms with Crippen molar-refractivity contribution in [1.82, 2.24) is 14.8 Å². The molecule has 2 aromatic rings. The maximum atomic E-state index is 13.5. The van der Waals surface area contributed by atoms with Gasteiger partial charge in [-0.15, -0.1) is 0 Å². The molecule has 3 unspecified atom stereocenters. The molecule has 1 aromatic heterocycles. The Hall–Kier alpha value is -1.42. The van der Waals surface area contributed by atoms with Gasteiger partial charge in [0.05, 0.1) is 12.6 Å². The zero-order valence-corrected chi connectivity index (χ0v) is 16.5. The lowest BCUT2D eigenvalue weighted by Crippen LogP contribution is -2.47. The molecule has 5 nitrogen and oxygen atoms in total. The van der Waals surface area contributed by atoms with Crippen molar-refractivity contribution in [2.45, 2.75) is 51.1 Å². The number of nitrogens with zero attached hydrogens (tertiary/aromatic N) is 3. The molecular formula is C17H19Cl2F4N3O2. The second kappa shape index (κ2) is 8.94. The van der Waals surface area contributed by atoms with Crippen LogP contribution in [0.3, 0.4) is 0 Å². The second-order valence-electron chi connectivity index (χ2n) is 6.36. The van der Waals surface area contributed by atoms with E-state index in [0.717, 1.165) is 0 Å². The van der Waals surface area contributed by atoms with E-state index in [9.17, 15) is 22.7 Å². The highest BCUT2D eigenvalue weighted by atomic mass is 35.5. The molecule has 0 bridgehead atoms. The minimum Gasteiger partial charge on any atom is -0.383 e. The van der Waals surface area contributed by atoms with Crippen LogP contribution in [0, 0.1) is 5.92 Å². The molecule has 0 spiro atoms. The van der Waals surface area contributed by atoms with Crippen molar-refractivity contribution in [3.8, 4) is 0 Å². The number of benzene rings is 1. The van der Waals surface area contributed by atoms with Crippen LogP contribution in [0.25, 0.3) is 0 Å². The second-order valence-corrected chi connectivity index (χ2v) is 7.20. The zero-order valence-electron chi connectivity index (χ0n) is 15.0. The van der Waals surface area contributed by atoms with Crippen LogP contribution >= 0.6 is 23.2 Å². The summed E-state index contributed by atoms with van der Waals surface area (Å²) in [6, 6.07) is 4.29. The average Bonchev–Trinajstić information content (AvgIpc) is 3.11. The van der Waals surface area contributed by atoms with Crippen LogP contribution in [0.15, 0.2) is 30.9 Å². The lowest BCUT2D eigenvalue weighted by atomic mass is 9.78. The largest absolute Gasteiger partial charge is 0.416 e. The standard InChI is InChI=1S/C17H19Cl2F4N3O2/c1-3-14(28-17(22,23)15(20)21)10(2)16(27,7-26-9-24-8-25-26)12-5-4-11(18)6-13(12)19/h4-6,8-10,14-15,27H,3,7H2,1-2H3. The van der Waals surface area contributed by atoms with E-state index >= 15 is 0 Å². The number of rotatable bonds is 9. The molecule has 1 N–H and O–H groups in total. The van der Waals surface area contributed by atoms with E-state index in [1.807, 2.05) is 0 Å². The van der Waals surface area contributed by atoms with Gasteiger partial charge >= 0.3 is 12.5 Å². The lowest BCUT2D eigenvalue weighted by molar-refractivity contribution is -0.330. The molecule has 0 fully saturated rings. The first-order valence-corrected chi connectivity index (χ1v) is 9.11. The molecule has 1 heterocycles. The molecule has 0 amide bonds. The highest BCUT2D eigenvalue weighted by molar-refractivity contribution is 6.35. The summed E-state index contributed by atoms with van der Waals surface area (Å²) in [4.78, 5) is 3.78. The van der Waals surface area contributed by atoms with Crippen LogP contribution in [0.5, 0.6) is 0 Å². The van der Waals surface area contributed by atoms with Crippen molar-refractivity contribution in [1.29, 1.82) is 0 Å². The van der Waals surface area contributed by atoms with Crippen LogP contribution in [-0.2, 0) is 16.9 Å². The van der Waals surface area contributed by atoms with E-state index in [1.165, 1.54) is 49.4 Å². The summed E-state index contributed by atoms with van der Waals surface area (Å²) >= 11 is 12.1. The number of ether oxygens (including phenoxy) is 1. The number of alkyl halides is 4. The van der Waals surface area contributed by atoms with E-state index in [-0.39, 0.29) is 23.6 Å². The Bertz CT molecular complexity index is 780. The van der Waals surface area contributed by atoms with Gasteiger partial charge in [-0.05, 0) is 18.6 Å². The summed E-state index contributed by atoms with van der Waals surface area (Å²) < 4.78 is 57.9. The third kappa shape index (κ3) is 4.94. The summed E-state index contributed by atoms with van der Waals surface area (Å²) in [5.74, 6) is -1.08. The van der Waals surface area contributed by atoms with Gasteiger partial charge in [-0.3, -0.25) is 0 Å². The topological polar surface area (TPSA) is 60.2 Å². The third-order valence-electron chi connectivity index (χ3n) is 4.54. The highest BCUT2D eigenvalue weighted by Crippen LogP contribution is 2.41. The highest BCUT2D eigenvalue weighted by Gasteiger charge is 2.49. The van der Waals surface area contributed by atoms with Crippen LogP contribution in [-0.4, -0.2) is 38.5 Å². The summed E-state index contributed by atoms with van der Waals surface area (Å²) in [7, 11) is 0. The molecule has 0 radical (unpaired) electrons. The molecule has 1 aromatic carbocycles. The van der Waals surface area contributed by atoms with Crippen LogP contribution in [0.4, 0.5) is 17.6 Å². The van der Waals surface area contributed by atoms with Gasteiger partial charge in [-0.1, -0.05) is 43.1 Å². The fourth-order valence-corrected chi connectivity index (χ4v) is 3.55. The molecule has 28 heavy (non-hydrogen) atoms. The van der Waals surface area contributed by atoms with Gasteiger partial charge in [0.15, 0.2) is 0 Å². The Morgan fingerprint density at radius 2 is 1.96 bits per heavy atom. The van der Waals surface area contributed by atoms with Crippen molar-refractivity contribution in [3.05, 3.63) is 46.5 Å². The maximum Gasteiger partial charge on any atom is 0.416 e. The van der Waals surface area contributed by atoms with Gasteiger partial charge < -0.3 is 9.84 Å².